The van der Waals surface area contributed by atoms with E-state index < -0.39 is 23.1 Å². The Labute approximate surface area is 109 Å². The Hall–Kier alpha value is -1.14. The summed E-state index contributed by atoms with van der Waals surface area (Å²) in [6, 6.07) is 3.26. The summed E-state index contributed by atoms with van der Waals surface area (Å²) in [5.74, 6) is -1.70. The van der Waals surface area contributed by atoms with Gasteiger partial charge in [0, 0.05) is 16.7 Å². The first kappa shape index (κ1) is 14.9. The second kappa shape index (κ2) is 6.15. The van der Waals surface area contributed by atoms with Crippen LogP contribution >= 0.6 is 11.8 Å². The van der Waals surface area contributed by atoms with Gasteiger partial charge in [0.2, 0.25) is 0 Å². The van der Waals surface area contributed by atoms with Crippen LogP contribution < -0.4 is 5.73 Å². The molecular weight excluding hydrogens is 260 g/mol. The second-order valence-corrected chi connectivity index (χ2v) is 5.02. The number of hydrogen-bond acceptors (Lipinski definition) is 4. The summed E-state index contributed by atoms with van der Waals surface area (Å²) in [4.78, 5) is 11.8. The van der Waals surface area contributed by atoms with Crippen LogP contribution in [-0.4, -0.2) is 23.9 Å². The summed E-state index contributed by atoms with van der Waals surface area (Å²) in [6.07, 6.45) is 0. The smallest absolute Gasteiger partial charge is 0.326 e. The normalized spacial score (nSPS) is 14.1. The Morgan fingerprint density at radius 3 is 2.72 bits per heavy atom. The summed E-state index contributed by atoms with van der Waals surface area (Å²) in [5, 5.41) is 0. The van der Waals surface area contributed by atoms with Crippen LogP contribution in [0.25, 0.3) is 0 Å². The fraction of sp³-hybridized carbons (Fsp3) is 0.417. The number of carbonyl (C=O) groups is 1. The molecule has 1 rings (SSSR count). The molecule has 1 unspecified atom stereocenters. The highest BCUT2D eigenvalue weighted by atomic mass is 32.2. The van der Waals surface area contributed by atoms with Gasteiger partial charge in [0.1, 0.15) is 17.2 Å². The van der Waals surface area contributed by atoms with E-state index in [-0.39, 0.29) is 17.3 Å². The van der Waals surface area contributed by atoms with Gasteiger partial charge >= 0.3 is 5.97 Å². The number of carbonyl (C=O) groups excluding carboxylic acids is 1. The van der Waals surface area contributed by atoms with Crippen molar-refractivity contribution in [1.29, 1.82) is 0 Å². The van der Waals surface area contributed by atoms with Crippen molar-refractivity contribution in [1.82, 2.24) is 0 Å². The van der Waals surface area contributed by atoms with Gasteiger partial charge in [0.05, 0.1) is 6.61 Å². The van der Waals surface area contributed by atoms with E-state index in [1.165, 1.54) is 13.0 Å². The highest BCUT2D eigenvalue weighted by Crippen LogP contribution is 2.25. The van der Waals surface area contributed by atoms with Crippen LogP contribution in [0.3, 0.4) is 0 Å². The van der Waals surface area contributed by atoms with Crippen molar-refractivity contribution in [2.75, 3.05) is 12.4 Å². The average molecular weight is 275 g/mol. The van der Waals surface area contributed by atoms with Crippen molar-refractivity contribution in [2.45, 2.75) is 24.3 Å². The third kappa shape index (κ3) is 3.96. The van der Waals surface area contributed by atoms with Crippen LogP contribution in [-0.2, 0) is 9.53 Å². The summed E-state index contributed by atoms with van der Waals surface area (Å²) in [5.41, 5.74) is 4.58. The first-order valence-corrected chi connectivity index (χ1v) is 6.39. The molecule has 1 atom stereocenters. The molecule has 18 heavy (non-hydrogen) atoms. The number of hydrogen-bond donors (Lipinski definition) is 1. The van der Waals surface area contributed by atoms with Gasteiger partial charge in [-0.15, -0.1) is 11.8 Å². The molecule has 0 aliphatic carbocycles. The number of benzene rings is 1. The van der Waals surface area contributed by atoms with Crippen LogP contribution in [0.4, 0.5) is 8.78 Å². The molecule has 6 heteroatoms. The molecule has 0 fully saturated rings. The zero-order chi connectivity index (χ0) is 13.8. The Morgan fingerprint density at radius 2 is 2.17 bits per heavy atom. The van der Waals surface area contributed by atoms with E-state index in [9.17, 15) is 13.6 Å². The molecule has 0 amide bonds. The van der Waals surface area contributed by atoms with Crippen molar-refractivity contribution in [3.63, 3.8) is 0 Å². The number of rotatable bonds is 5. The van der Waals surface area contributed by atoms with E-state index in [1.54, 1.807) is 6.92 Å². The van der Waals surface area contributed by atoms with Gasteiger partial charge in [-0.05, 0) is 26.0 Å². The summed E-state index contributed by atoms with van der Waals surface area (Å²) >= 11 is 1.05. The number of halogens is 2. The van der Waals surface area contributed by atoms with E-state index in [0.717, 1.165) is 23.9 Å². The van der Waals surface area contributed by atoms with Gasteiger partial charge in [0.25, 0.3) is 0 Å². The number of esters is 1. The lowest BCUT2D eigenvalue weighted by atomic mass is 10.1. The van der Waals surface area contributed by atoms with Gasteiger partial charge in [0.15, 0.2) is 0 Å². The van der Waals surface area contributed by atoms with Crippen molar-refractivity contribution < 1.29 is 18.3 Å². The zero-order valence-corrected chi connectivity index (χ0v) is 11.0. The third-order valence-corrected chi connectivity index (χ3v) is 3.55. The highest BCUT2D eigenvalue weighted by Gasteiger charge is 2.30. The average Bonchev–Trinajstić information content (AvgIpc) is 2.28. The number of nitrogens with two attached hydrogens (primary N) is 1. The molecule has 0 aliphatic rings. The van der Waals surface area contributed by atoms with Crippen molar-refractivity contribution in [2.24, 2.45) is 5.73 Å². The molecule has 2 N–H and O–H groups in total. The van der Waals surface area contributed by atoms with Gasteiger partial charge in [-0.2, -0.15) is 0 Å². The van der Waals surface area contributed by atoms with E-state index in [0.29, 0.717) is 0 Å². The van der Waals surface area contributed by atoms with Crippen LogP contribution in [0, 0.1) is 11.6 Å². The molecule has 0 aromatic heterocycles. The molecule has 0 heterocycles. The van der Waals surface area contributed by atoms with E-state index >= 15 is 0 Å². The summed E-state index contributed by atoms with van der Waals surface area (Å²) in [6.45, 7) is 3.43. The molecule has 0 aliphatic heterocycles. The largest absolute Gasteiger partial charge is 0.465 e. The van der Waals surface area contributed by atoms with Gasteiger partial charge < -0.3 is 10.5 Å². The van der Waals surface area contributed by atoms with E-state index in [4.69, 9.17) is 10.5 Å². The molecule has 100 valence electrons. The maximum absolute atomic E-state index is 13.4. The SMILES string of the molecule is CCOC(=O)C(C)(N)CSc1ccc(F)cc1F. The first-order chi connectivity index (χ1) is 8.36. The van der Waals surface area contributed by atoms with Gasteiger partial charge in [-0.3, -0.25) is 4.79 Å². The van der Waals surface area contributed by atoms with Crippen LogP contribution in [0.15, 0.2) is 23.1 Å². The topological polar surface area (TPSA) is 52.3 Å². The van der Waals surface area contributed by atoms with Crippen LogP contribution in [0.1, 0.15) is 13.8 Å². The summed E-state index contributed by atoms with van der Waals surface area (Å²) in [7, 11) is 0. The van der Waals surface area contributed by atoms with E-state index in [1.807, 2.05) is 0 Å². The molecule has 1 aromatic carbocycles. The predicted octanol–water partition coefficient (Wildman–Crippen LogP) is 2.34. The highest BCUT2D eigenvalue weighted by molar-refractivity contribution is 7.99. The molecule has 0 bridgehead atoms. The Kier molecular flexibility index (Phi) is 5.10. The number of ether oxygens (including phenoxy) is 1. The Morgan fingerprint density at radius 1 is 1.50 bits per heavy atom. The van der Waals surface area contributed by atoms with Crippen molar-refractivity contribution in [3.05, 3.63) is 29.8 Å². The molecule has 1 aromatic rings. The summed E-state index contributed by atoms with van der Waals surface area (Å²) < 4.78 is 30.9. The molecule has 0 spiro atoms. The fourth-order valence-corrected chi connectivity index (χ4v) is 2.11. The monoisotopic (exact) mass is 275 g/mol. The minimum atomic E-state index is -1.21. The van der Waals surface area contributed by atoms with Crippen molar-refractivity contribution in [3.8, 4) is 0 Å². The van der Waals surface area contributed by atoms with Crippen LogP contribution in [0.2, 0.25) is 0 Å². The number of thioether (sulfide) groups is 1. The third-order valence-electron chi connectivity index (χ3n) is 2.16. The lowest BCUT2D eigenvalue weighted by Crippen LogP contribution is -2.48. The molecule has 0 saturated heterocycles. The quantitative estimate of drug-likeness (QED) is 0.662. The van der Waals surface area contributed by atoms with Crippen LogP contribution in [0.5, 0.6) is 0 Å². The standard InChI is InChI=1S/C12H15F2NO2S/c1-3-17-11(16)12(2,15)7-18-10-5-4-8(13)6-9(10)14/h4-6H,3,7,15H2,1-2H3. The molecule has 0 radical (unpaired) electrons. The molecular formula is C12H15F2NO2S. The first-order valence-electron chi connectivity index (χ1n) is 5.41. The van der Waals surface area contributed by atoms with Gasteiger partial charge in [-0.1, -0.05) is 0 Å². The fourth-order valence-electron chi connectivity index (χ4n) is 1.17. The predicted molar refractivity (Wildman–Crippen MR) is 66.3 cm³/mol. The molecule has 3 nitrogen and oxygen atoms in total. The van der Waals surface area contributed by atoms with Gasteiger partial charge in [-0.25, -0.2) is 8.78 Å². The minimum absolute atomic E-state index is 0.147. The molecule has 0 saturated carbocycles. The Balaban J connectivity index is 2.66. The van der Waals surface area contributed by atoms with E-state index in [2.05, 4.69) is 0 Å². The van der Waals surface area contributed by atoms with Crippen molar-refractivity contribution >= 4 is 17.7 Å². The maximum atomic E-state index is 13.4. The minimum Gasteiger partial charge on any atom is -0.465 e. The lowest BCUT2D eigenvalue weighted by molar-refractivity contribution is -0.148. The maximum Gasteiger partial charge on any atom is 0.326 e. The zero-order valence-electron chi connectivity index (χ0n) is 10.2. The Bertz CT molecular complexity index is 438. The lowest BCUT2D eigenvalue weighted by Gasteiger charge is -2.21. The second-order valence-electron chi connectivity index (χ2n) is 4.00.